The van der Waals surface area contributed by atoms with Crippen LogP contribution < -0.4 is 0 Å². The minimum atomic E-state index is -1.85. The Kier molecular flexibility index (Phi) is 6.06. The van der Waals surface area contributed by atoms with E-state index in [2.05, 4.69) is 20.4 Å². The van der Waals surface area contributed by atoms with Crippen LogP contribution in [0.1, 0.15) is 23.7 Å². The molecule has 32 heavy (non-hydrogen) atoms. The van der Waals surface area contributed by atoms with Crippen LogP contribution in [0.15, 0.2) is 61.3 Å². The van der Waals surface area contributed by atoms with Crippen LogP contribution in [0.3, 0.4) is 0 Å². The highest BCUT2D eigenvalue weighted by Crippen LogP contribution is 2.32. The van der Waals surface area contributed by atoms with Crippen molar-refractivity contribution in [2.45, 2.75) is 38.7 Å². The first kappa shape index (κ1) is 21.7. The molecule has 4 aromatic rings. The summed E-state index contributed by atoms with van der Waals surface area (Å²) in [7, 11) is 0. The van der Waals surface area contributed by atoms with Crippen LogP contribution in [-0.4, -0.2) is 41.0 Å². The van der Waals surface area contributed by atoms with E-state index in [-0.39, 0.29) is 18.7 Å². The smallest absolute Gasteiger partial charge is 0.138 e. The van der Waals surface area contributed by atoms with Crippen LogP contribution >= 0.6 is 0 Å². The zero-order valence-electron chi connectivity index (χ0n) is 17.6. The molecule has 0 spiro atoms. The molecule has 2 aromatic heterocycles. The van der Waals surface area contributed by atoms with E-state index >= 15 is 0 Å². The number of hydrogen-bond donors (Lipinski definition) is 1. The first-order chi connectivity index (χ1) is 15.3. The Morgan fingerprint density at radius 1 is 1.19 bits per heavy atom. The van der Waals surface area contributed by atoms with Crippen LogP contribution in [0.4, 0.5) is 8.78 Å². The van der Waals surface area contributed by atoms with Gasteiger partial charge in [0, 0.05) is 11.6 Å². The molecule has 1 N–H and O–H groups in total. The van der Waals surface area contributed by atoms with Crippen LogP contribution in [0, 0.1) is 18.6 Å². The van der Waals surface area contributed by atoms with Gasteiger partial charge in [0.15, 0.2) is 0 Å². The second-order valence-electron chi connectivity index (χ2n) is 7.59. The van der Waals surface area contributed by atoms with Gasteiger partial charge in [-0.05, 0) is 37.6 Å². The molecule has 0 bridgehead atoms. The summed E-state index contributed by atoms with van der Waals surface area (Å²) >= 11 is 0. The first-order valence-corrected chi connectivity index (χ1v) is 9.95. The average Bonchev–Trinajstić information content (AvgIpc) is 3.44. The van der Waals surface area contributed by atoms with Crippen molar-refractivity contribution in [1.29, 1.82) is 0 Å². The molecule has 0 aliphatic heterocycles. The normalized spacial score (nSPS) is 14.3. The summed E-state index contributed by atoms with van der Waals surface area (Å²) < 4.78 is 36.9. The van der Waals surface area contributed by atoms with Crippen molar-refractivity contribution in [2.24, 2.45) is 0 Å². The van der Waals surface area contributed by atoms with Gasteiger partial charge < -0.3 is 9.84 Å². The van der Waals surface area contributed by atoms with Crippen molar-refractivity contribution >= 4 is 0 Å². The highest BCUT2D eigenvalue weighted by Gasteiger charge is 2.40. The number of benzene rings is 2. The molecule has 0 radical (unpaired) electrons. The SMILES string of the molecule is Cc1cccc(-n2cc(CO[C@H](C)[C@](O)(Cn3cncn3)c3ccc(F)cc3F)nn2)c1. The lowest BCUT2D eigenvalue weighted by Crippen LogP contribution is -2.44. The van der Waals surface area contributed by atoms with Gasteiger partial charge in [0.1, 0.15) is 35.6 Å². The standard InChI is InChI=1S/C22H22F2N6O2/c1-15-4-3-5-19(8-15)30-10-18(27-28-30)11-32-16(2)22(31,12-29-14-25-13-26-29)20-7-6-17(23)9-21(20)24/h3-10,13-14,16,31H,11-12H2,1-2H3/t16-,22-/m1/s1. The molecule has 0 unspecified atom stereocenters. The minimum absolute atomic E-state index is 0.0233. The Morgan fingerprint density at radius 2 is 2.03 bits per heavy atom. The average molecular weight is 440 g/mol. The summed E-state index contributed by atoms with van der Waals surface area (Å²) in [5, 5.41) is 23.7. The van der Waals surface area contributed by atoms with Crippen LogP contribution in [-0.2, 0) is 23.5 Å². The molecule has 2 atom stereocenters. The lowest BCUT2D eigenvalue weighted by molar-refractivity contribution is -0.124. The van der Waals surface area contributed by atoms with Crippen molar-refractivity contribution in [3.63, 3.8) is 0 Å². The zero-order valence-corrected chi connectivity index (χ0v) is 17.6. The fraction of sp³-hybridized carbons (Fsp3) is 0.273. The number of ether oxygens (including phenoxy) is 1. The number of nitrogens with zero attached hydrogens (tertiary/aromatic N) is 6. The zero-order chi connectivity index (χ0) is 22.7. The van der Waals surface area contributed by atoms with E-state index in [1.165, 1.54) is 23.4 Å². The van der Waals surface area contributed by atoms with Crippen molar-refractivity contribution in [1.82, 2.24) is 29.8 Å². The Morgan fingerprint density at radius 3 is 2.75 bits per heavy atom. The van der Waals surface area contributed by atoms with E-state index in [0.717, 1.165) is 23.4 Å². The minimum Gasteiger partial charge on any atom is -0.380 e. The maximum Gasteiger partial charge on any atom is 0.138 e. The first-order valence-electron chi connectivity index (χ1n) is 9.95. The van der Waals surface area contributed by atoms with E-state index in [0.29, 0.717) is 5.69 Å². The van der Waals surface area contributed by atoms with Gasteiger partial charge >= 0.3 is 0 Å². The monoisotopic (exact) mass is 440 g/mol. The molecule has 8 nitrogen and oxygen atoms in total. The molecular weight excluding hydrogens is 418 g/mol. The lowest BCUT2D eigenvalue weighted by Gasteiger charge is -2.34. The topological polar surface area (TPSA) is 90.9 Å². The number of hydrogen-bond acceptors (Lipinski definition) is 6. The number of aryl methyl sites for hydroxylation is 1. The van der Waals surface area contributed by atoms with Gasteiger partial charge in [-0.2, -0.15) is 5.10 Å². The third kappa shape index (κ3) is 4.56. The molecular formula is C22H22F2N6O2. The fourth-order valence-electron chi connectivity index (χ4n) is 3.44. The molecule has 0 fully saturated rings. The van der Waals surface area contributed by atoms with Gasteiger partial charge in [-0.25, -0.2) is 23.1 Å². The van der Waals surface area contributed by atoms with Gasteiger partial charge in [0.2, 0.25) is 0 Å². The molecule has 0 saturated carbocycles. The molecule has 0 saturated heterocycles. The Balaban J connectivity index is 1.55. The van der Waals surface area contributed by atoms with E-state index in [1.807, 2.05) is 31.2 Å². The Bertz CT molecular complexity index is 1200. The number of aromatic nitrogens is 6. The van der Waals surface area contributed by atoms with E-state index < -0.39 is 23.3 Å². The summed E-state index contributed by atoms with van der Waals surface area (Å²) in [5.41, 5.74) is 0.515. The van der Waals surface area contributed by atoms with E-state index in [4.69, 9.17) is 4.74 Å². The maximum absolute atomic E-state index is 14.6. The third-order valence-electron chi connectivity index (χ3n) is 5.23. The van der Waals surface area contributed by atoms with Gasteiger partial charge in [0.05, 0.1) is 31.1 Å². The lowest BCUT2D eigenvalue weighted by atomic mass is 9.88. The van der Waals surface area contributed by atoms with Gasteiger partial charge in [-0.1, -0.05) is 23.4 Å². The summed E-state index contributed by atoms with van der Waals surface area (Å²) in [4.78, 5) is 3.85. The molecule has 166 valence electrons. The summed E-state index contributed by atoms with van der Waals surface area (Å²) in [6.45, 7) is 3.46. The van der Waals surface area contributed by atoms with E-state index in [1.54, 1.807) is 17.8 Å². The summed E-state index contributed by atoms with van der Waals surface area (Å²) in [6, 6.07) is 10.8. The largest absolute Gasteiger partial charge is 0.380 e. The Labute approximate surface area is 183 Å². The molecule has 4 rings (SSSR count). The highest BCUT2D eigenvalue weighted by atomic mass is 19.1. The molecule has 0 aliphatic rings. The van der Waals surface area contributed by atoms with Crippen LogP contribution in [0.25, 0.3) is 5.69 Å². The molecule has 2 aromatic carbocycles. The highest BCUT2D eigenvalue weighted by molar-refractivity contribution is 5.34. The van der Waals surface area contributed by atoms with Crippen LogP contribution in [0.2, 0.25) is 0 Å². The van der Waals surface area contributed by atoms with Gasteiger partial charge in [-0.3, -0.25) is 0 Å². The van der Waals surface area contributed by atoms with Crippen molar-refractivity contribution in [2.75, 3.05) is 0 Å². The summed E-state index contributed by atoms with van der Waals surface area (Å²) in [5.74, 6) is -1.62. The third-order valence-corrected chi connectivity index (χ3v) is 5.23. The predicted octanol–water partition coefficient (Wildman–Crippen LogP) is 2.94. The number of halogens is 2. The van der Waals surface area contributed by atoms with Crippen LogP contribution in [0.5, 0.6) is 0 Å². The predicted molar refractivity (Wildman–Crippen MR) is 111 cm³/mol. The van der Waals surface area contributed by atoms with Gasteiger partial charge in [-0.15, -0.1) is 5.10 Å². The molecule has 0 aliphatic carbocycles. The molecule has 0 amide bonds. The second kappa shape index (κ2) is 8.93. The van der Waals surface area contributed by atoms with Crippen molar-refractivity contribution in [3.8, 4) is 5.69 Å². The number of rotatable bonds is 8. The molecule has 2 heterocycles. The molecule has 10 heteroatoms. The fourth-order valence-corrected chi connectivity index (χ4v) is 3.44. The Hall–Kier alpha value is -3.50. The maximum atomic E-state index is 14.6. The van der Waals surface area contributed by atoms with E-state index in [9.17, 15) is 13.9 Å². The van der Waals surface area contributed by atoms with Crippen molar-refractivity contribution < 1.29 is 18.6 Å². The summed E-state index contributed by atoms with van der Waals surface area (Å²) in [6.07, 6.45) is 3.51. The quantitative estimate of drug-likeness (QED) is 0.453. The van der Waals surface area contributed by atoms with Crippen molar-refractivity contribution in [3.05, 3.63) is 89.8 Å². The van der Waals surface area contributed by atoms with Gasteiger partial charge in [0.25, 0.3) is 0 Å². The number of aliphatic hydroxyl groups is 1. The second-order valence-corrected chi connectivity index (χ2v) is 7.59.